The van der Waals surface area contributed by atoms with E-state index in [1.54, 1.807) is 7.05 Å². The van der Waals surface area contributed by atoms with Gasteiger partial charge in [-0.05, 0) is 19.5 Å². The van der Waals surface area contributed by atoms with Crippen molar-refractivity contribution >= 4 is 5.91 Å². The number of hydrogen-bond donors (Lipinski definition) is 0. The molecule has 2 rings (SSSR count). The molecule has 0 saturated carbocycles. The third-order valence-electron chi connectivity index (χ3n) is 3.71. The molecule has 1 aromatic heterocycles. The zero-order valence-corrected chi connectivity index (χ0v) is 11.3. The zero-order chi connectivity index (χ0) is 13.1. The van der Waals surface area contributed by atoms with Crippen LogP contribution in [0.25, 0.3) is 0 Å². The van der Waals surface area contributed by atoms with Crippen LogP contribution in [0.3, 0.4) is 0 Å². The van der Waals surface area contributed by atoms with Crippen LogP contribution in [0.2, 0.25) is 0 Å². The molecule has 1 aliphatic heterocycles. The van der Waals surface area contributed by atoms with Crippen LogP contribution in [-0.2, 0) is 7.05 Å². The molecule has 0 spiro atoms. The molecule has 1 aromatic rings. The number of carbonyl (C=O) groups is 1. The Morgan fingerprint density at radius 2 is 2.22 bits per heavy atom. The Balaban J connectivity index is 2.01. The van der Waals surface area contributed by atoms with E-state index in [4.69, 9.17) is 0 Å². The first-order valence-electron chi connectivity index (χ1n) is 6.55. The van der Waals surface area contributed by atoms with Crippen LogP contribution in [0.1, 0.15) is 30.8 Å². The summed E-state index contributed by atoms with van der Waals surface area (Å²) in [5.41, 5.74) is 0.565. The van der Waals surface area contributed by atoms with Crippen LogP contribution in [0.15, 0.2) is 6.20 Å². The van der Waals surface area contributed by atoms with Crippen molar-refractivity contribution in [2.75, 3.05) is 26.2 Å². The topological polar surface area (TPSA) is 54.3 Å². The summed E-state index contributed by atoms with van der Waals surface area (Å²) in [6, 6.07) is 0.491. The summed E-state index contributed by atoms with van der Waals surface area (Å²) < 4.78 is 1.53. The standard InChI is InChI=1S/C12H21N5O/c1-4-16(5-2)10-6-7-17(9-10)12(18)11-8-13-14-15(11)3/h8,10H,4-7,9H2,1-3H3. The van der Waals surface area contributed by atoms with Crippen molar-refractivity contribution in [1.29, 1.82) is 0 Å². The van der Waals surface area contributed by atoms with Crippen molar-refractivity contribution in [2.45, 2.75) is 26.3 Å². The maximum atomic E-state index is 12.3. The predicted molar refractivity (Wildman–Crippen MR) is 68.2 cm³/mol. The van der Waals surface area contributed by atoms with Gasteiger partial charge in [0.25, 0.3) is 5.91 Å². The van der Waals surface area contributed by atoms with E-state index < -0.39 is 0 Å². The van der Waals surface area contributed by atoms with Gasteiger partial charge in [0.15, 0.2) is 0 Å². The molecule has 0 radical (unpaired) electrons. The summed E-state index contributed by atoms with van der Waals surface area (Å²) in [5, 5.41) is 7.56. The van der Waals surface area contributed by atoms with Crippen LogP contribution in [0, 0.1) is 0 Å². The fourth-order valence-corrected chi connectivity index (χ4v) is 2.61. The van der Waals surface area contributed by atoms with Crippen LogP contribution >= 0.6 is 0 Å². The lowest BCUT2D eigenvalue weighted by Crippen LogP contribution is -2.39. The molecular weight excluding hydrogens is 230 g/mol. The SMILES string of the molecule is CCN(CC)C1CCN(C(=O)c2cnnn2C)C1. The fraction of sp³-hybridized carbons (Fsp3) is 0.750. The summed E-state index contributed by atoms with van der Waals surface area (Å²) in [4.78, 5) is 16.6. The lowest BCUT2D eigenvalue weighted by atomic mass is 10.2. The van der Waals surface area contributed by atoms with Crippen molar-refractivity contribution in [3.63, 3.8) is 0 Å². The van der Waals surface area contributed by atoms with E-state index >= 15 is 0 Å². The van der Waals surface area contributed by atoms with Gasteiger partial charge in [-0.15, -0.1) is 5.10 Å². The van der Waals surface area contributed by atoms with E-state index in [1.807, 2.05) is 4.90 Å². The minimum Gasteiger partial charge on any atom is -0.336 e. The first kappa shape index (κ1) is 13.0. The molecule has 1 unspecified atom stereocenters. The van der Waals surface area contributed by atoms with E-state index in [-0.39, 0.29) is 5.91 Å². The van der Waals surface area contributed by atoms with E-state index in [1.165, 1.54) is 10.9 Å². The average Bonchev–Trinajstić information content (AvgIpc) is 2.99. The Kier molecular flexibility index (Phi) is 3.96. The smallest absolute Gasteiger partial charge is 0.273 e. The van der Waals surface area contributed by atoms with Crippen molar-refractivity contribution in [1.82, 2.24) is 24.8 Å². The largest absolute Gasteiger partial charge is 0.336 e. The molecule has 6 heteroatoms. The van der Waals surface area contributed by atoms with Gasteiger partial charge in [-0.25, -0.2) is 4.68 Å². The molecule has 6 nitrogen and oxygen atoms in total. The fourth-order valence-electron chi connectivity index (χ4n) is 2.61. The first-order chi connectivity index (χ1) is 8.67. The molecule has 1 saturated heterocycles. The molecule has 2 heterocycles. The highest BCUT2D eigenvalue weighted by Crippen LogP contribution is 2.17. The van der Waals surface area contributed by atoms with Gasteiger partial charge in [-0.1, -0.05) is 19.1 Å². The van der Waals surface area contributed by atoms with E-state index in [2.05, 4.69) is 29.1 Å². The number of likely N-dealkylation sites (tertiary alicyclic amines) is 1. The highest BCUT2D eigenvalue weighted by atomic mass is 16.2. The second kappa shape index (κ2) is 5.48. The zero-order valence-electron chi connectivity index (χ0n) is 11.3. The third kappa shape index (κ3) is 2.38. The summed E-state index contributed by atoms with van der Waals surface area (Å²) >= 11 is 0. The van der Waals surface area contributed by atoms with Gasteiger partial charge in [-0.2, -0.15) is 0 Å². The Morgan fingerprint density at radius 1 is 1.50 bits per heavy atom. The van der Waals surface area contributed by atoms with Gasteiger partial charge in [0.1, 0.15) is 5.69 Å². The number of carbonyl (C=O) groups excluding carboxylic acids is 1. The third-order valence-corrected chi connectivity index (χ3v) is 3.71. The molecule has 1 aliphatic rings. The summed E-state index contributed by atoms with van der Waals surface area (Å²) in [7, 11) is 1.75. The highest BCUT2D eigenvalue weighted by molar-refractivity contribution is 5.92. The van der Waals surface area contributed by atoms with Crippen molar-refractivity contribution in [2.24, 2.45) is 7.05 Å². The Bertz CT molecular complexity index is 412. The van der Waals surface area contributed by atoms with Crippen molar-refractivity contribution < 1.29 is 4.79 Å². The summed E-state index contributed by atoms with van der Waals surface area (Å²) in [5.74, 6) is 0.0390. The highest BCUT2D eigenvalue weighted by Gasteiger charge is 2.30. The number of aromatic nitrogens is 3. The van der Waals surface area contributed by atoms with E-state index in [0.717, 1.165) is 32.6 Å². The maximum Gasteiger partial charge on any atom is 0.273 e. The minimum atomic E-state index is 0.0390. The number of hydrogen-bond acceptors (Lipinski definition) is 4. The molecule has 1 amide bonds. The van der Waals surface area contributed by atoms with Gasteiger partial charge in [0, 0.05) is 26.2 Å². The predicted octanol–water partition coefficient (Wildman–Crippen LogP) is 0.371. The van der Waals surface area contributed by atoms with Crippen LogP contribution in [0.4, 0.5) is 0 Å². The molecule has 0 bridgehead atoms. The van der Waals surface area contributed by atoms with Gasteiger partial charge in [-0.3, -0.25) is 9.69 Å². The molecule has 100 valence electrons. The van der Waals surface area contributed by atoms with Gasteiger partial charge in [0.2, 0.25) is 0 Å². The normalized spacial score (nSPS) is 19.8. The number of rotatable bonds is 4. The molecule has 0 aromatic carbocycles. The Labute approximate surface area is 108 Å². The molecule has 1 atom stereocenters. The lowest BCUT2D eigenvalue weighted by Gasteiger charge is -2.26. The quantitative estimate of drug-likeness (QED) is 0.776. The lowest BCUT2D eigenvalue weighted by molar-refractivity contribution is 0.0767. The second-order valence-corrected chi connectivity index (χ2v) is 4.66. The number of aryl methyl sites for hydroxylation is 1. The second-order valence-electron chi connectivity index (χ2n) is 4.66. The molecule has 0 aliphatic carbocycles. The van der Waals surface area contributed by atoms with Gasteiger partial charge in [0.05, 0.1) is 6.20 Å². The van der Waals surface area contributed by atoms with Crippen molar-refractivity contribution in [3.05, 3.63) is 11.9 Å². The van der Waals surface area contributed by atoms with Gasteiger partial charge >= 0.3 is 0 Å². The van der Waals surface area contributed by atoms with E-state index in [0.29, 0.717) is 11.7 Å². The molecule has 0 N–H and O–H groups in total. The van der Waals surface area contributed by atoms with E-state index in [9.17, 15) is 4.79 Å². The van der Waals surface area contributed by atoms with Crippen LogP contribution in [0.5, 0.6) is 0 Å². The maximum absolute atomic E-state index is 12.3. The van der Waals surface area contributed by atoms with Gasteiger partial charge < -0.3 is 4.90 Å². The average molecular weight is 251 g/mol. The monoisotopic (exact) mass is 251 g/mol. The minimum absolute atomic E-state index is 0.0390. The Morgan fingerprint density at radius 3 is 2.78 bits per heavy atom. The Hall–Kier alpha value is -1.43. The molecular formula is C12H21N5O. The number of likely N-dealkylation sites (N-methyl/N-ethyl adjacent to an activating group) is 1. The van der Waals surface area contributed by atoms with Crippen LogP contribution < -0.4 is 0 Å². The summed E-state index contributed by atoms with van der Waals surface area (Å²) in [6.45, 7) is 8.04. The summed E-state index contributed by atoms with van der Waals surface area (Å²) in [6.07, 6.45) is 2.59. The number of nitrogens with zero attached hydrogens (tertiary/aromatic N) is 5. The molecule has 1 fully saturated rings. The first-order valence-corrected chi connectivity index (χ1v) is 6.55. The number of amides is 1. The van der Waals surface area contributed by atoms with Crippen LogP contribution in [-0.4, -0.2) is 62.9 Å². The van der Waals surface area contributed by atoms with Crippen molar-refractivity contribution in [3.8, 4) is 0 Å². The molecule has 18 heavy (non-hydrogen) atoms.